The Balaban J connectivity index is 0.00000200. The highest BCUT2D eigenvalue weighted by Crippen LogP contribution is 2.20. The number of nitrogens with zero attached hydrogens (tertiary/aromatic N) is 2. The molecule has 1 aliphatic heterocycles. The van der Waals surface area contributed by atoms with Gasteiger partial charge >= 0.3 is 0 Å². The van der Waals surface area contributed by atoms with E-state index in [9.17, 15) is 0 Å². The first kappa shape index (κ1) is 17.1. The first-order chi connectivity index (χ1) is 9.22. The third kappa shape index (κ3) is 4.54. The summed E-state index contributed by atoms with van der Waals surface area (Å²) in [6.45, 7) is 7.24. The predicted molar refractivity (Wildman–Crippen MR) is 97.4 cm³/mol. The molecule has 1 saturated heterocycles. The lowest BCUT2D eigenvalue weighted by molar-refractivity contribution is 0.652. The maximum atomic E-state index is 4.23. The zero-order valence-corrected chi connectivity index (χ0v) is 14.8. The second kappa shape index (κ2) is 8.34. The van der Waals surface area contributed by atoms with E-state index in [2.05, 4.69) is 58.6 Å². The van der Waals surface area contributed by atoms with Gasteiger partial charge in [-0.3, -0.25) is 4.99 Å². The molecule has 0 radical (unpaired) electrons. The third-order valence-corrected chi connectivity index (χ3v) is 3.50. The highest BCUT2D eigenvalue weighted by Gasteiger charge is 2.23. The smallest absolute Gasteiger partial charge is 0.191 e. The minimum absolute atomic E-state index is 0. The Morgan fingerprint density at radius 3 is 2.65 bits per heavy atom. The van der Waals surface area contributed by atoms with Crippen LogP contribution < -0.4 is 15.5 Å². The Morgan fingerprint density at radius 2 is 2.05 bits per heavy atom. The van der Waals surface area contributed by atoms with Gasteiger partial charge in [0, 0.05) is 38.4 Å². The second-order valence-electron chi connectivity index (χ2n) is 5.01. The van der Waals surface area contributed by atoms with Crippen LogP contribution in [0.1, 0.15) is 18.9 Å². The number of hydrogen-bond donors (Lipinski definition) is 2. The maximum absolute atomic E-state index is 4.23. The molecule has 5 heteroatoms. The van der Waals surface area contributed by atoms with Gasteiger partial charge in [-0.25, -0.2) is 0 Å². The van der Waals surface area contributed by atoms with Crippen LogP contribution in [0.15, 0.2) is 29.3 Å². The number of rotatable bonds is 3. The summed E-state index contributed by atoms with van der Waals surface area (Å²) < 4.78 is 0. The van der Waals surface area contributed by atoms with E-state index in [0.29, 0.717) is 6.04 Å². The molecule has 0 spiro atoms. The summed E-state index contributed by atoms with van der Waals surface area (Å²) in [7, 11) is 1.82. The molecule has 1 unspecified atom stereocenters. The molecule has 0 aliphatic carbocycles. The molecule has 112 valence electrons. The standard InChI is InChI=1S/C15H24N4.HI/c1-4-17-15(16-3)18-13-9-10-19(11-13)14-7-5-12(2)6-8-14;/h5-8,13H,4,9-11H2,1-3H3,(H2,16,17,18);1H. The number of nitrogens with one attached hydrogen (secondary N) is 2. The van der Waals surface area contributed by atoms with E-state index < -0.39 is 0 Å². The summed E-state index contributed by atoms with van der Waals surface area (Å²) in [6, 6.07) is 9.23. The van der Waals surface area contributed by atoms with E-state index in [0.717, 1.165) is 32.0 Å². The van der Waals surface area contributed by atoms with Crippen molar-refractivity contribution in [2.45, 2.75) is 26.3 Å². The van der Waals surface area contributed by atoms with Crippen LogP contribution in [0.25, 0.3) is 0 Å². The number of aliphatic imine (C=N–C) groups is 1. The Bertz CT molecular complexity index is 430. The SMILES string of the molecule is CCNC(=NC)NC1CCN(c2ccc(C)cc2)C1.I. The Hall–Kier alpha value is -0.980. The van der Waals surface area contributed by atoms with E-state index in [1.54, 1.807) is 0 Å². The number of guanidine groups is 1. The van der Waals surface area contributed by atoms with Crippen LogP contribution in [-0.4, -0.2) is 38.7 Å². The van der Waals surface area contributed by atoms with Gasteiger partial charge in [-0.15, -0.1) is 24.0 Å². The largest absolute Gasteiger partial charge is 0.369 e. The van der Waals surface area contributed by atoms with E-state index in [1.165, 1.54) is 11.3 Å². The quantitative estimate of drug-likeness (QED) is 0.475. The van der Waals surface area contributed by atoms with Crippen molar-refractivity contribution >= 4 is 35.6 Å². The van der Waals surface area contributed by atoms with E-state index in [1.807, 2.05) is 7.05 Å². The van der Waals surface area contributed by atoms with Gasteiger partial charge in [-0.2, -0.15) is 0 Å². The van der Waals surface area contributed by atoms with E-state index in [-0.39, 0.29) is 24.0 Å². The van der Waals surface area contributed by atoms with Crippen LogP contribution in [0.2, 0.25) is 0 Å². The molecule has 1 heterocycles. The van der Waals surface area contributed by atoms with E-state index >= 15 is 0 Å². The fraction of sp³-hybridized carbons (Fsp3) is 0.533. The van der Waals surface area contributed by atoms with Crippen molar-refractivity contribution < 1.29 is 0 Å². The van der Waals surface area contributed by atoms with Crippen molar-refractivity contribution in [3.8, 4) is 0 Å². The molecule has 1 aliphatic rings. The minimum Gasteiger partial charge on any atom is -0.369 e. The molecular formula is C15H25IN4. The molecule has 1 aromatic rings. The molecular weight excluding hydrogens is 363 g/mol. The summed E-state index contributed by atoms with van der Waals surface area (Å²) in [4.78, 5) is 6.65. The third-order valence-electron chi connectivity index (χ3n) is 3.50. The number of aryl methyl sites for hydroxylation is 1. The molecule has 2 rings (SSSR count). The average molecular weight is 388 g/mol. The highest BCUT2D eigenvalue weighted by atomic mass is 127. The van der Waals surface area contributed by atoms with Crippen LogP contribution >= 0.6 is 24.0 Å². The fourth-order valence-electron chi connectivity index (χ4n) is 2.42. The number of halogens is 1. The first-order valence-corrected chi connectivity index (χ1v) is 7.01. The molecule has 20 heavy (non-hydrogen) atoms. The molecule has 4 nitrogen and oxygen atoms in total. The average Bonchev–Trinajstić information content (AvgIpc) is 2.87. The Morgan fingerprint density at radius 1 is 1.35 bits per heavy atom. The summed E-state index contributed by atoms with van der Waals surface area (Å²) in [5.74, 6) is 0.901. The van der Waals surface area contributed by atoms with Gasteiger partial charge in [0.15, 0.2) is 5.96 Å². The van der Waals surface area contributed by atoms with Crippen LogP contribution in [0.5, 0.6) is 0 Å². The molecule has 1 atom stereocenters. The predicted octanol–water partition coefficient (Wildman–Crippen LogP) is 2.38. The van der Waals surface area contributed by atoms with Gasteiger partial charge in [0.05, 0.1) is 0 Å². The summed E-state index contributed by atoms with van der Waals surface area (Å²) in [5, 5.41) is 6.72. The van der Waals surface area contributed by atoms with Crippen molar-refractivity contribution in [3.63, 3.8) is 0 Å². The van der Waals surface area contributed by atoms with Gasteiger partial charge in [0.2, 0.25) is 0 Å². The van der Waals surface area contributed by atoms with Gasteiger partial charge < -0.3 is 15.5 Å². The van der Waals surface area contributed by atoms with Crippen molar-refractivity contribution in [1.29, 1.82) is 0 Å². The molecule has 0 aromatic heterocycles. The molecule has 0 amide bonds. The molecule has 0 saturated carbocycles. The van der Waals surface area contributed by atoms with Crippen LogP contribution in [0, 0.1) is 6.92 Å². The zero-order valence-electron chi connectivity index (χ0n) is 12.5. The van der Waals surface area contributed by atoms with Crippen molar-refractivity contribution in [1.82, 2.24) is 10.6 Å². The minimum atomic E-state index is 0. The molecule has 2 N–H and O–H groups in total. The van der Waals surface area contributed by atoms with Gasteiger partial charge in [0.1, 0.15) is 0 Å². The van der Waals surface area contributed by atoms with Crippen molar-refractivity contribution in [2.24, 2.45) is 4.99 Å². The van der Waals surface area contributed by atoms with Gasteiger partial charge in [-0.05, 0) is 32.4 Å². The van der Waals surface area contributed by atoms with Crippen LogP contribution in [-0.2, 0) is 0 Å². The zero-order chi connectivity index (χ0) is 13.7. The maximum Gasteiger partial charge on any atom is 0.191 e. The molecule has 1 fully saturated rings. The number of anilines is 1. The van der Waals surface area contributed by atoms with E-state index in [4.69, 9.17) is 0 Å². The van der Waals surface area contributed by atoms with Crippen molar-refractivity contribution in [3.05, 3.63) is 29.8 Å². The highest BCUT2D eigenvalue weighted by molar-refractivity contribution is 14.0. The van der Waals surface area contributed by atoms with Crippen molar-refractivity contribution in [2.75, 3.05) is 31.6 Å². The lowest BCUT2D eigenvalue weighted by atomic mass is 10.2. The summed E-state index contributed by atoms with van der Waals surface area (Å²) in [5.41, 5.74) is 2.62. The number of benzene rings is 1. The van der Waals surface area contributed by atoms with Gasteiger partial charge in [0.25, 0.3) is 0 Å². The molecule has 1 aromatic carbocycles. The Kier molecular flexibility index (Phi) is 7.12. The van der Waals surface area contributed by atoms with Crippen LogP contribution in [0.3, 0.4) is 0 Å². The monoisotopic (exact) mass is 388 g/mol. The fourth-order valence-corrected chi connectivity index (χ4v) is 2.42. The Labute approximate surface area is 139 Å². The van der Waals surface area contributed by atoms with Crippen LogP contribution in [0.4, 0.5) is 5.69 Å². The van der Waals surface area contributed by atoms with Gasteiger partial charge in [-0.1, -0.05) is 17.7 Å². The molecule has 0 bridgehead atoms. The topological polar surface area (TPSA) is 39.7 Å². The summed E-state index contributed by atoms with van der Waals surface area (Å²) in [6.07, 6.45) is 1.15. The lowest BCUT2D eigenvalue weighted by Crippen LogP contribution is -2.44. The second-order valence-corrected chi connectivity index (χ2v) is 5.01. The number of hydrogen-bond acceptors (Lipinski definition) is 2. The normalized spacial score (nSPS) is 18.6. The lowest BCUT2D eigenvalue weighted by Gasteiger charge is -2.20. The first-order valence-electron chi connectivity index (χ1n) is 7.01. The summed E-state index contributed by atoms with van der Waals surface area (Å²) >= 11 is 0.